The molecule has 2 aromatic rings. The number of rotatable bonds is 3. The van der Waals surface area contributed by atoms with Crippen LogP contribution in [0.1, 0.15) is 11.1 Å². The van der Waals surface area contributed by atoms with Crippen LogP contribution in [0.5, 0.6) is 0 Å². The van der Waals surface area contributed by atoms with Crippen LogP contribution in [0, 0.1) is 5.82 Å². The Balaban J connectivity index is 1.86. The monoisotopic (exact) mass is 391 g/mol. The number of halogens is 2. The fourth-order valence-electron chi connectivity index (χ4n) is 2.17. The number of hydrogen-bond acceptors (Lipinski definition) is 3. The molecular weight excluding hydrogens is 381 g/mol. The van der Waals surface area contributed by atoms with E-state index in [1.165, 1.54) is 12.1 Å². The summed E-state index contributed by atoms with van der Waals surface area (Å²) >= 11 is 4.23. The molecule has 0 N–H and O–H groups in total. The number of nitrogens with zero attached hydrogens (tertiary/aromatic N) is 1. The smallest absolute Gasteiger partial charge is 0.268 e. The van der Waals surface area contributed by atoms with Crippen molar-refractivity contribution >= 4 is 44.9 Å². The first-order valence-electron chi connectivity index (χ1n) is 6.79. The molecule has 1 fully saturated rings. The molecule has 1 aliphatic heterocycles. The van der Waals surface area contributed by atoms with Gasteiger partial charge in [-0.3, -0.25) is 14.5 Å². The van der Waals surface area contributed by atoms with Crippen LogP contribution in [0.4, 0.5) is 9.18 Å². The zero-order valence-electron chi connectivity index (χ0n) is 11.8. The van der Waals surface area contributed by atoms with E-state index in [0.717, 1.165) is 26.7 Å². The van der Waals surface area contributed by atoms with Gasteiger partial charge in [-0.2, -0.15) is 0 Å². The SMILES string of the molecule is O=C1S/C(=C\c2ccccc2F)C(=O)N1Cc1ccccc1Br. The second kappa shape index (κ2) is 6.68. The van der Waals surface area contributed by atoms with Gasteiger partial charge in [0, 0.05) is 10.0 Å². The highest BCUT2D eigenvalue weighted by molar-refractivity contribution is 9.10. The second-order valence-corrected chi connectivity index (χ2v) is 6.73. The van der Waals surface area contributed by atoms with Gasteiger partial charge in [0.15, 0.2) is 0 Å². The summed E-state index contributed by atoms with van der Waals surface area (Å²) in [6.07, 6.45) is 1.42. The van der Waals surface area contributed by atoms with Crippen LogP contribution in [0.15, 0.2) is 57.9 Å². The maximum atomic E-state index is 13.7. The molecule has 0 aromatic heterocycles. The standard InChI is InChI=1S/C17H11BrFNO2S/c18-13-7-3-1-6-12(13)10-20-16(21)15(23-17(20)22)9-11-5-2-4-8-14(11)19/h1-9H,10H2/b15-9-. The lowest BCUT2D eigenvalue weighted by atomic mass is 10.2. The Hall–Kier alpha value is -1.92. The molecule has 2 amide bonds. The van der Waals surface area contributed by atoms with Gasteiger partial charge in [0.1, 0.15) is 5.82 Å². The first-order valence-corrected chi connectivity index (χ1v) is 8.40. The molecule has 0 aliphatic carbocycles. The number of imide groups is 1. The van der Waals surface area contributed by atoms with Crippen molar-refractivity contribution in [3.63, 3.8) is 0 Å². The van der Waals surface area contributed by atoms with E-state index in [1.54, 1.807) is 18.2 Å². The number of carbonyl (C=O) groups is 2. The minimum absolute atomic E-state index is 0.181. The summed E-state index contributed by atoms with van der Waals surface area (Å²) in [5, 5.41) is -0.353. The number of benzene rings is 2. The summed E-state index contributed by atoms with van der Waals surface area (Å²) in [7, 11) is 0. The molecular formula is C17H11BrFNO2S. The third-order valence-electron chi connectivity index (χ3n) is 3.35. The molecule has 1 aliphatic rings. The normalized spacial score (nSPS) is 16.4. The highest BCUT2D eigenvalue weighted by Crippen LogP contribution is 2.34. The Bertz CT molecular complexity index is 822. The van der Waals surface area contributed by atoms with Crippen molar-refractivity contribution in [1.82, 2.24) is 4.90 Å². The van der Waals surface area contributed by atoms with Gasteiger partial charge in [-0.15, -0.1) is 0 Å². The fourth-order valence-corrected chi connectivity index (χ4v) is 3.41. The molecule has 0 spiro atoms. The van der Waals surface area contributed by atoms with Crippen molar-refractivity contribution in [3.05, 3.63) is 74.9 Å². The van der Waals surface area contributed by atoms with Gasteiger partial charge < -0.3 is 0 Å². The zero-order valence-corrected chi connectivity index (χ0v) is 14.2. The maximum Gasteiger partial charge on any atom is 0.293 e. The molecule has 3 nitrogen and oxygen atoms in total. The molecule has 1 heterocycles. The third kappa shape index (κ3) is 3.38. The highest BCUT2D eigenvalue weighted by atomic mass is 79.9. The van der Waals surface area contributed by atoms with E-state index in [0.29, 0.717) is 5.56 Å². The summed E-state index contributed by atoms with van der Waals surface area (Å²) in [4.78, 5) is 25.9. The second-order valence-electron chi connectivity index (χ2n) is 4.88. The predicted molar refractivity (Wildman–Crippen MR) is 92.1 cm³/mol. The van der Waals surface area contributed by atoms with Crippen LogP contribution in [-0.4, -0.2) is 16.0 Å². The van der Waals surface area contributed by atoms with Gasteiger partial charge in [0.25, 0.3) is 11.1 Å². The molecule has 0 atom stereocenters. The minimum atomic E-state index is -0.426. The minimum Gasteiger partial charge on any atom is -0.268 e. The van der Waals surface area contributed by atoms with E-state index in [-0.39, 0.29) is 16.7 Å². The van der Waals surface area contributed by atoms with Crippen LogP contribution in [0.2, 0.25) is 0 Å². The molecule has 23 heavy (non-hydrogen) atoms. The van der Waals surface area contributed by atoms with Gasteiger partial charge in [0.05, 0.1) is 11.4 Å². The molecule has 116 valence electrons. The predicted octanol–water partition coefficient (Wildman–Crippen LogP) is 4.82. The number of hydrogen-bond donors (Lipinski definition) is 0. The van der Waals surface area contributed by atoms with E-state index in [4.69, 9.17) is 0 Å². The molecule has 0 radical (unpaired) electrons. The summed E-state index contributed by atoms with van der Waals surface area (Å²) in [6, 6.07) is 13.5. The van der Waals surface area contributed by atoms with Crippen molar-refractivity contribution < 1.29 is 14.0 Å². The van der Waals surface area contributed by atoms with Crippen LogP contribution in [0.3, 0.4) is 0 Å². The van der Waals surface area contributed by atoms with Crippen molar-refractivity contribution in [2.75, 3.05) is 0 Å². The van der Waals surface area contributed by atoms with Crippen LogP contribution in [-0.2, 0) is 11.3 Å². The largest absolute Gasteiger partial charge is 0.293 e. The van der Waals surface area contributed by atoms with E-state index < -0.39 is 11.7 Å². The van der Waals surface area contributed by atoms with Gasteiger partial charge in [-0.1, -0.05) is 52.3 Å². The fraction of sp³-hybridized carbons (Fsp3) is 0.0588. The summed E-state index contributed by atoms with van der Waals surface area (Å²) in [5.41, 5.74) is 1.13. The Kier molecular flexibility index (Phi) is 4.63. The molecule has 0 saturated carbocycles. The lowest BCUT2D eigenvalue weighted by Gasteiger charge is -2.13. The van der Waals surface area contributed by atoms with Crippen LogP contribution < -0.4 is 0 Å². The van der Waals surface area contributed by atoms with Crippen molar-refractivity contribution in [1.29, 1.82) is 0 Å². The lowest BCUT2D eigenvalue weighted by Crippen LogP contribution is -2.27. The Morgan fingerprint density at radius 3 is 2.52 bits per heavy atom. The van der Waals surface area contributed by atoms with Gasteiger partial charge in [-0.25, -0.2) is 4.39 Å². The van der Waals surface area contributed by atoms with E-state index in [2.05, 4.69) is 15.9 Å². The average Bonchev–Trinajstić information content (AvgIpc) is 2.79. The molecule has 1 saturated heterocycles. The topological polar surface area (TPSA) is 37.4 Å². The summed E-state index contributed by atoms with van der Waals surface area (Å²) < 4.78 is 14.5. The van der Waals surface area contributed by atoms with Gasteiger partial charge in [0.2, 0.25) is 0 Å². The number of carbonyl (C=O) groups excluding carboxylic acids is 2. The first kappa shape index (κ1) is 16.0. The van der Waals surface area contributed by atoms with E-state index in [1.807, 2.05) is 24.3 Å². The molecule has 0 bridgehead atoms. The van der Waals surface area contributed by atoms with Crippen molar-refractivity contribution in [2.24, 2.45) is 0 Å². The summed E-state index contributed by atoms with van der Waals surface area (Å²) in [5.74, 6) is -0.830. The summed E-state index contributed by atoms with van der Waals surface area (Å²) in [6.45, 7) is 0.181. The Morgan fingerprint density at radius 2 is 1.78 bits per heavy atom. The van der Waals surface area contributed by atoms with Crippen molar-refractivity contribution in [3.8, 4) is 0 Å². The quantitative estimate of drug-likeness (QED) is 0.703. The third-order valence-corrected chi connectivity index (χ3v) is 5.03. The molecule has 3 rings (SSSR count). The lowest BCUT2D eigenvalue weighted by molar-refractivity contribution is -0.123. The Morgan fingerprint density at radius 1 is 1.09 bits per heavy atom. The van der Waals surface area contributed by atoms with E-state index in [9.17, 15) is 14.0 Å². The van der Waals surface area contributed by atoms with Crippen LogP contribution >= 0.6 is 27.7 Å². The molecule has 2 aromatic carbocycles. The zero-order chi connectivity index (χ0) is 16.4. The molecule has 6 heteroatoms. The van der Waals surface area contributed by atoms with E-state index >= 15 is 0 Å². The van der Waals surface area contributed by atoms with Gasteiger partial charge in [-0.05, 0) is 35.5 Å². The van der Waals surface area contributed by atoms with Crippen molar-refractivity contribution in [2.45, 2.75) is 6.54 Å². The molecule has 0 unspecified atom stereocenters. The highest BCUT2D eigenvalue weighted by Gasteiger charge is 2.35. The average molecular weight is 392 g/mol. The van der Waals surface area contributed by atoms with Crippen LogP contribution in [0.25, 0.3) is 6.08 Å². The van der Waals surface area contributed by atoms with Gasteiger partial charge >= 0.3 is 0 Å². The Labute approximate surface area is 145 Å². The first-order chi connectivity index (χ1) is 11.1. The number of amides is 2. The number of thioether (sulfide) groups is 1. The maximum absolute atomic E-state index is 13.7.